The van der Waals surface area contributed by atoms with Gasteiger partial charge in [0.2, 0.25) is 0 Å². The molecule has 0 bridgehead atoms. The molecule has 102 valence electrons. The van der Waals surface area contributed by atoms with Gasteiger partial charge >= 0.3 is 0 Å². The molecule has 2 aromatic rings. The van der Waals surface area contributed by atoms with Crippen molar-refractivity contribution >= 4 is 5.69 Å². The van der Waals surface area contributed by atoms with Crippen LogP contribution in [0.2, 0.25) is 0 Å². The predicted octanol–water partition coefficient (Wildman–Crippen LogP) is 3.46. The minimum absolute atomic E-state index is 0.493. The smallest absolute Gasteiger partial charge is 0.0360 e. The zero-order valence-electron chi connectivity index (χ0n) is 11.5. The van der Waals surface area contributed by atoms with E-state index in [-0.39, 0.29) is 0 Å². The van der Waals surface area contributed by atoms with Crippen LogP contribution < -0.4 is 11.1 Å². The molecule has 20 heavy (non-hydrogen) atoms. The van der Waals surface area contributed by atoms with Crippen LogP contribution in [0.1, 0.15) is 41.5 Å². The molecule has 0 spiro atoms. The van der Waals surface area contributed by atoms with E-state index < -0.39 is 0 Å². The van der Waals surface area contributed by atoms with Crippen LogP contribution in [0.25, 0.3) is 0 Å². The molecule has 1 aliphatic carbocycles. The van der Waals surface area contributed by atoms with Crippen LogP contribution in [0.4, 0.5) is 5.69 Å². The highest BCUT2D eigenvalue weighted by Crippen LogP contribution is 2.51. The molecule has 0 radical (unpaired) electrons. The fourth-order valence-electron chi connectivity index (χ4n) is 4.10. The largest absolute Gasteiger partial charge is 0.399 e. The van der Waals surface area contributed by atoms with Crippen LogP contribution in [0, 0.1) is 5.92 Å². The van der Waals surface area contributed by atoms with E-state index in [2.05, 4.69) is 47.8 Å². The Kier molecular flexibility index (Phi) is 2.78. The standard InChI is InChI=1S/C18H20N2/c19-13-6-3-5-12(11-13)17-14-7-1-2-8-15(14)18-16(17)9-4-10-20-18/h1-3,5-8,11,16-18,20H,4,9-10,19H2/t16-,17+,18+/m0/s1. The van der Waals surface area contributed by atoms with E-state index in [4.69, 9.17) is 5.73 Å². The zero-order chi connectivity index (χ0) is 13.5. The summed E-state index contributed by atoms with van der Waals surface area (Å²) in [6, 6.07) is 17.9. The molecule has 1 fully saturated rings. The molecule has 2 aliphatic rings. The SMILES string of the molecule is Nc1cccc([C@@H]2c3ccccc3[C@H]3NCCC[C@@H]23)c1. The molecule has 1 heterocycles. The summed E-state index contributed by atoms with van der Waals surface area (Å²) >= 11 is 0. The van der Waals surface area contributed by atoms with E-state index in [1.54, 1.807) is 0 Å². The van der Waals surface area contributed by atoms with Crippen molar-refractivity contribution < 1.29 is 0 Å². The predicted molar refractivity (Wildman–Crippen MR) is 82.6 cm³/mol. The molecule has 3 atom stereocenters. The number of hydrogen-bond donors (Lipinski definition) is 2. The van der Waals surface area contributed by atoms with Gasteiger partial charge in [0.05, 0.1) is 0 Å². The van der Waals surface area contributed by atoms with Gasteiger partial charge < -0.3 is 11.1 Å². The fraction of sp³-hybridized carbons (Fsp3) is 0.333. The number of nitrogens with one attached hydrogen (secondary N) is 1. The maximum absolute atomic E-state index is 6.00. The molecule has 0 unspecified atom stereocenters. The first-order valence-corrected chi connectivity index (χ1v) is 7.52. The molecule has 1 aliphatic heterocycles. The Bertz CT molecular complexity index is 635. The summed E-state index contributed by atoms with van der Waals surface area (Å²) < 4.78 is 0. The molecule has 4 rings (SSSR count). The second-order valence-corrected chi connectivity index (χ2v) is 6.01. The van der Waals surface area contributed by atoms with Crippen LogP contribution in [0.15, 0.2) is 48.5 Å². The average Bonchev–Trinajstić information content (AvgIpc) is 2.82. The molecular formula is C18H20N2. The normalized spacial score (nSPS) is 27.9. The topological polar surface area (TPSA) is 38.0 Å². The Balaban J connectivity index is 1.85. The number of nitrogens with two attached hydrogens (primary N) is 1. The Morgan fingerprint density at radius 3 is 2.70 bits per heavy atom. The van der Waals surface area contributed by atoms with Crippen molar-refractivity contribution in [3.8, 4) is 0 Å². The molecule has 2 heteroatoms. The van der Waals surface area contributed by atoms with E-state index in [0.29, 0.717) is 17.9 Å². The Morgan fingerprint density at radius 2 is 1.85 bits per heavy atom. The molecule has 2 nitrogen and oxygen atoms in total. The summed E-state index contributed by atoms with van der Waals surface area (Å²) in [5, 5.41) is 3.72. The Morgan fingerprint density at radius 1 is 1.00 bits per heavy atom. The van der Waals surface area contributed by atoms with Crippen LogP contribution in [-0.4, -0.2) is 6.54 Å². The number of hydrogen-bond acceptors (Lipinski definition) is 2. The molecule has 2 aromatic carbocycles. The summed E-state index contributed by atoms with van der Waals surface area (Å²) in [6.07, 6.45) is 2.57. The highest BCUT2D eigenvalue weighted by molar-refractivity contribution is 5.50. The molecule has 0 amide bonds. The number of piperidine rings is 1. The summed E-state index contributed by atoms with van der Waals surface area (Å²) in [7, 11) is 0. The lowest BCUT2D eigenvalue weighted by atomic mass is 9.80. The monoisotopic (exact) mass is 264 g/mol. The number of nitrogen functional groups attached to an aromatic ring is 1. The fourth-order valence-corrected chi connectivity index (χ4v) is 4.10. The third kappa shape index (κ3) is 1.75. The first kappa shape index (κ1) is 12.0. The average molecular weight is 264 g/mol. The van der Waals surface area contributed by atoms with Gasteiger partial charge in [0, 0.05) is 17.6 Å². The van der Waals surface area contributed by atoms with Gasteiger partial charge in [0.15, 0.2) is 0 Å². The zero-order valence-corrected chi connectivity index (χ0v) is 11.5. The van der Waals surface area contributed by atoms with Crippen LogP contribution in [0.3, 0.4) is 0 Å². The van der Waals surface area contributed by atoms with Gasteiger partial charge in [0.1, 0.15) is 0 Å². The number of rotatable bonds is 1. The van der Waals surface area contributed by atoms with Crippen molar-refractivity contribution in [2.75, 3.05) is 12.3 Å². The van der Waals surface area contributed by atoms with E-state index in [1.165, 1.54) is 29.5 Å². The third-order valence-electron chi connectivity index (χ3n) is 4.87. The van der Waals surface area contributed by atoms with E-state index in [0.717, 1.165) is 12.2 Å². The second kappa shape index (κ2) is 4.64. The van der Waals surface area contributed by atoms with Crippen molar-refractivity contribution in [2.24, 2.45) is 5.92 Å². The highest BCUT2D eigenvalue weighted by Gasteiger charge is 2.42. The van der Waals surface area contributed by atoms with Crippen molar-refractivity contribution in [3.05, 3.63) is 65.2 Å². The quantitative estimate of drug-likeness (QED) is 0.774. The van der Waals surface area contributed by atoms with Gasteiger partial charge in [0.25, 0.3) is 0 Å². The Labute approximate surface area is 120 Å². The first-order chi connectivity index (χ1) is 9.84. The second-order valence-electron chi connectivity index (χ2n) is 6.01. The molecule has 0 saturated carbocycles. The number of fused-ring (bicyclic) bond motifs is 3. The van der Waals surface area contributed by atoms with Gasteiger partial charge in [-0.15, -0.1) is 0 Å². The lowest BCUT2D eigenvalue weighted by molar-refractivity contribution is 0.287. The van der Waals surface area contributed by atoms with Crippen molar-refractivity contribution in [2.45, 2.75) is 24.8 Å². The first-order valence-electron chi connectivity index (χ1n) is 7.52. The maximum atomic E-state index is 6.00. The minimum Gasteiger partial charge on any atom is -0.399 e. The summed E-state index contributed by atoms with van der Waals surface area (Å²) in [6.45, 7) is 1.14. The van der Waals surface area contributed by atoms with Crippen LogP contribution >= 0.6 is 0 Å². The lowest BCUT2D eigenvalue weighted by Gasteiger charge is -2.31. The van der Waals surface area contributed by atoms with Gasteiger partial charge in [-0.2, -0.15) is 0 Å². The highest BCUT2D eigenvalue weighted by atomic mass is 14.9. The van der Waals surface area contributed by atoms with Gasteiger partial charge in [-0.05, 0) is 54.1 Å². The van der Waals surface area contributed by atoms with Crippen LogP contribution in [-0.2, 0) is 0 Å². The van der Waals surface area contributed by atoms with E-state index >= 15 is 0 Å². The van der Waals surface area contributed by atoms with Crippen molar-refractivity contribution in [1.82, 2.24) is 5.32 Å². The maximum Gasteiger partial charge on any atom is 0.0360 e. The molecule has 1 saturated heterocycles. The summed E-state index contributed by atoms with van der Waals surface area (Å²) in [5.74, 6) is 1.16. The molecule has 3 N–H and O–H groups in total. The number of anilines is 1. The van der Waals surface area contributed by atoms with Crippen LogP contribution in [0.5, 0.6) is 0 Å². The van der Waals surface area contributed by atoms with E-state index in [1.807, 2.05) is 6.07 Å². The van der Waals surface area contributed by atoms with E-state index in [9.17, 15) is 0 Å². The van der Waals surface area contributed by atoms with Gasteiger partial charge in [-0.1, -0.05) is 36.4 Å². The van der Waals surface area contributed by atoms with Crippen molar-refractivity contribution in [1.29, 1.82) is 0 Å². The van der Waals surface area contributed by atoms with Gasteiger partial charge in [-0.25, -0.2) is 0 Å². The van der Waals surface area contributed by atoms with Crippen molar-refractivity contribution in [3.63, 3.8) is 0 Å². The lowest BCUT2D eigenvalue weighted by Crippen LogP contribution is -2.32. The third-order valence-corrected chi connectivity index (χ3v) is 4.87. The van der Waals surface area contributed by atoms with Gasteiger partial charge in [-0.3, -0.25) is 0 Å². The molecular weight excluding hydrogens is 244 g/mol. The summed E-state index contributed by atoms with van der Waals surface area (Å²) in [5.41, 5.74) is 11.2. The summed E-state index contributed by atoms with van der Waals surface area (Å²) in [4.78, 5) is 0. The molecule has 0 aromatic heterocycles. The minimum atomic E-state index is 0.493. The Hall–Kier alpha value is -1.80. The number of benzene rings is 2.